The Kier molecular flexibility index (Phi) is 3.79. The van der Waals surface area contributed by atoms with Gasteiger partial charge in [0.25, 0.3) is 0 Å². The van der Waals surface area contributed by atoms with Crippen molar-refractivity contribution >= 4 is 12.0 Å². The molecule has 0 amide bonds. The molecule has 3 nitrogen and oxygen atoms in total. The highest BCUT2D eigenvalue weighted by atomic mass is 16.6. The third kappa shape index (κ3) is 4.53. The first kappa shape index (κ1) is 10.1. The summed E-state index contributed by atoms with van der Waals surface area (Å²) in [4.78, 5) is 15.6. The van der Waals surface area contributed by atoms with Gasteiger partial charge in [0.15, 0.2) is 0 Å². The molecule has 3 heteroatoms. The van der Waals surface area contributed by atoms with E-state index in [0.717, 1.165) is 0 Å². The minimum absolute atomic E-state index is 0.165. The SMILES string of the molecule is CO/N=C/CC(=O)C(C)(C)C. The Morgan fingerprint density at radius 1 is 1.55 bits per heavy atom. The second-order valence-corrected chi connectivity index (χ2v) is 3.35. The second-order valence-electron chi connectivity index (χ2n) is 3.35. The Morgan fingerprint density at radius 2 is 2.09 bits per heavy atom. The molecule has 0 rings (SSSR count). The van der Waals surface area contributed by atoms with Gasteiger partial charge in [-0.15, -0.1) is 0 Å². The number of rotatable bonds is 3. The van der Waals surface area contributed by atoms with Crippen molar-refractivity contribution in [3.8, 4) is 0 Å². The van der Waals surface area contributed by atoms with Crippen LogP contribution in [-0.2, 0) is 9.63 Å². The van der Waals surface area contributed by atoms with Crippen molar-refractivity contribution in [2.24, 2.45) is 10.6 Å². The molecular formula is C8H15NO2. The van der Waals surface area contributed by atoms with Crippen LogP contribution in [0.5, 0.6) is 0 Å². The zero-order chi connectivity index (χ0) is 8.91. The van der Waals surface area contributed by atoms with Crippen LogP contribution in [0.1, 0.15) is 27.2 Å². The van der Waals surface area contributed by atoms with E-state index in [1.54, 1.807) is 0 Å². The summed E-state index contributed by atoms with van der Waals surface area (Å²) in [6.45, 7) is 5.65. The Morgan fingerprint density at radius 3 is 2.45 bits per heavy atom. The number of hydrogen-bond acceptors (Lipinski definition) is 3. The van der Waals surface area contributed by atoms with E-state index in [1.165, 1.54) is 13.3 Å². The largest absolute Gasteiger partial charge is 0.399 e. The topological polar surface area (TPSA) is 38.7 Å². The van der Waals surface area contributed by atoms with Gasteiger partial charge >= 0.3 is 0 Å². The van der Waals surface area contributed by atoms with Crippen LogP contribution in [0, 0.1) is 5.41 Å². The molecule has 0 bridgehead atoms. The number of nitrogens with zero attached hydrogens (tertiary/aromatic N) is 1. The lowest BCUT2D eigenvalue weighted by Gasteiger charge is -2.14. The lowest BCUT2D eigenvalue weighted by atomic mass is 9.89. The average Bonchev–Trinajstić information content (AvgIpc) is 1.86. The third-order valence-corrected chi connectivity index (χ3v) is 1.29. The molecule has 11 heavy (non-hydrogen) atoms. The molecule has 0 aliphatic carbocycles. The van der Waals surface area contributed by atoms with Crippen molar-refractivity contribution in [3.05, 3.63) is 0 Å². The van der Waals surface area contributed by atoms with Crippen LogP contribution in [0.2, 0.25) is 0 Å². The van der Waals surface area contributed by atoms with Crippen LogP contribution < -0.4 is 0 Å². The summed E-state index contributed by atoms with van der Waals surface area (Å²) in [5.41, 5.74) is -0.278. The van der Waals surface area contributed by atoms with Crippen molar-refractivity contribution in [1.29, 1.82) is 0 Å². The summed E-state index contributed by atoms with van der Waals surface area (Å²) >= 11 is 0. The minimum atomic E-state index is -0.278. The number of oxime groups is 1. The molecule has 0 aromatic carbocycles. The Balaban J connectivity index is 3.80. The molecule has 0 aromatic heterocycles. The Bertz CT molecular complexity index is 156. The fourth-order valence-electron chi connectivity index (χ4n) is 0.501. The molecule has 64 valence electrons. The van der Waals surface area contributed by atoms with E-state index >= 15 is 0 Å². The maximum Gasteiger partial charge on any atom is 0.143 e. The van der Waals surface area contributed by atoms with Crippen LogP contribution in [0.3, 0.4) is 0 Å². The lowest BCUT2D eigenvalue weighted by molar-refractivity contribution is -0.124. The van der Waals surface area contributed by atoms with E-state index in [9.17, 15) is 4.79 Å². The summed E-state index contributed by atoms with van der Waals surface area (Å²) in [5.74, 6) is 0.165. The minimum Gasteiger partial charge on any atom is -0.399 e. The standard InChI is InChI=1S/C8H15NO2/c1-8(2,3)7(10)5-6-9-11-4/h6H,5H2,1-4H3/b9-6+. The summed E-state index contributed by atoms with van der Waals surface area (Å²) in [5, 5.41) is 3.48. The maximum atomic E-state index is 11.2. The van der Waals surface area contributed by atoms with Gasteiger partial charge in [0, 0.05) is 11.8 Å². The van der Waals surface area contributed by atoms with Crippen molar-refractivity contribution in [1.82, 2.24) is 0 Å². The van der Waals surface area contributed by atoms with Crippen molar-refractivity contribution < 1.29 is 9.63 Å². The highest BCUT2D eigenvalue weighted by molar-refractivity contribution is 5.94. The molecule has 0 heterocycles. The summed E-state index contributed by atoms with van der Waals surface area (Å²) in [6, 6.07) is 0. The van der Waals surface area contributed by atoms with E-state index in [1.807, 2.05) is 20.8 Å². The number of carbonyl (C=O) groups excluding carboxylic acids is 1. The van der Waals surface area contributed by atoms with Gasteiger partial charge in [0.1, 0.15) is 12.9 Å². The van der Waals surface area contributed by atoms with Gasteiger partial charge in [-0.25, -0.2) is 0 Å². The third-order valence-electron chi connectivity index (χ3n) is 1.29. The second kappa shape index (κ2) is 4.11. The normalized spacial score (nSPS) is 12.0. The first-order valence-corrected chi connectivity index (χ1v) is 3.56. The number of Topliss-reactive ketones (excluding diaryl/α,β-unsaturated/α-hetero) is 1. The molecule has 0 atom stereocenters. The zero-order valence-corrected chi connectivity index (χ0v) is 7.55. The van der Waals surface area contributed by atoms with Gasteiger partial charge in [0.2, 0.25) is 0 Å². The van der Waals surface area contributed by atoms with E-state index in [-0.39, 0.29) is 11.2 Å². The molecule has 0 unspecified atom stereocenters. The zero-order valence-electron chi connectivity index (χ0n) is 7.55. The molecule has 0 fully saturated rings. The molecule has 0 saturated carbocycles. The molecule has 0 N–H and O–H groups in total. The number of hydrogen-bond donors (Lipinski definition) is 0. The van der Waals surface area contributed by atoms with Gasteiger partial charge in [-0.3, -0.25) is 4.79 Å². The molecule has 0 aliphatic rings. The van der Waals surface area contributed by atoms with Crippen LogP contribution >= 0.6 is 0 Å². The van der Waals surface area contributed by atoms with E-state index < -0.39 is 0 Å². The molecule has 0 aromatic rings. The fourth-order valence-corrected chi connectivity index (χ4v) is 0.501. The maximum absolute atomic E-state index is 11.2. The van der Waals surface area contributed by atoms with Gasteiger partial charge in [-0.1, -0.05) is 25.9 Å². The first-order chi connectivity index (χ1) is 4.98. The van der Waals surface area contributed by atoms with E-state index in [4.69, 9.17) is 0 Å². The van der Waals surface area contributed by atoms with Crippen LogP contribution in [0.15, 0.2) is 5.16 Å². The van der Waals surface area contributed by atoms with Gasteiger partial charge in [-0.05, 0) is 0 Å². The summed E-state index contributed by atoms with van der Waals surface area (Å²) in [6.07, 6.45) is 1.82. The number of ketones is 1. The van der Waals surface area contributed by atoms with Crippen molar-refractivity contribution in [2.45, 2.75) is 27.2 Å². The highest BCUT2D eigenvalue weighted by Crippen LogP contribution is 2.15. The predicted octanol–water partition coefficient (Wildman–Crippen LogP) is 1.62. The van der Waals surface area contributed by atoms with Gasteiger partial charge in [0.05, 0.1) is 6.21 Å². The van der Waals surface area contributed by atoms with Crippen molar-refractivity contribution in [3.63, 3.8) is 0 Å². The molecule has 0 saturated heterocycles. The smallest absolute Gasteiger partial charge is 0.143 e. The first-order valence-electron chi connectivity index (χ1n) is 3.56. The molecule has 0 spiro atoms. The lowest BCUT2D eigenvalue weighted by Crippen LogP contribution is -2.19. The Hall–Kier alpha value is -0.860. The molecule has 0 radical (unpaired) electrons. The van der Waals surface area contributed by atoms with Crippen LogP contribution in [-0.4, -0.2) is 19.1 Å². The highest BCUT2D eigenvalue weighted by Gasteiger charge is 2.19. The van der Waals surface area contributed by atoms with E-state index in [0.29, 0.717) is 6.42 Å². The van der Waals surface area contributed by atoms with Gasteiger partial charge < -0.3 is 4.84 Å². The quantitative estimate of drug-likeness (QED) is 0.461. The van der Waals surface area contributed by atoms with Crippen LogP contribution in [0.25, 0.3) is 0 Å². The number of carbonyl (C=O) groups is 1. The summed E-state index contributed by atoms with van der Waals surface area (Å²) in [7, 11) is 1.46. The summed E-state index contributed by atoms with van der Waals surface area (Å²) < 4.78 is 0. The predicted molar refractivity (Wildman–Crippen MR) is 44.6 cm³/mol. The fraction of sp³-hybridized carbons (Fsp3) is 0.750. The van der Waals surface area contributed by atoms with Crippen LogP contribution in [0.4, 0.5) is 0 Å². The van der Waals surface area contributed by atoms with Gasteiger partial charge in [-0.2, -0.15) is 0 Å². The Labute approximate surface area is 67.4 Å². The van der Waals surface area contributed by atoms with Crippen molar-refractivity contribution in [2.75, 3.05) is 7.11 Å². The molecule has 0 aliphatic heterocycles. The molecular weight excluding hydrogens is 142 g/mol. The van der Waals surface area contributed by atoms with E-state index in [2.05, 4.69) is 9.99 Å². The average molecular weight is 157 g/mol. The monoisotopic (exact) mass is 157 g/mol.